The van der Waals surface area contributed by atoms with E-state index in [0.29, 0.717) is 12.1 Å². The van der Waals surface area contributed by atoms with Crippen molar-refractivity contribution in [2.45, 2.75) is 57.7 Å². The van der Waals surface area contributed by atoms with Gasteiger partial charge in [-0.1, -0.05) is 13.8 Å². The van der Waals surface area contributed by atoms with Crippen LogP contribution in [0.3, 0.4) is 0 Å². The summed E-state index contributed by atoms with van der Waals surface area (Å²) in [4.78, 5) is 0. The van der Waals surface area contributed by atoms with Gasteiger partial charge in [-0.2, -0.15) is 0 Å². The molecule has 2 unspecified atom stereocenters. The topological polar surface area (TPSA) is 47.3 Å². The van der Waals surface area contributed by atoms with Crippen LogP contribution in [0.1, 0.15) is 40.0 Å². The summed E-state index contributed by atoms with van der Waals surface area (Å²) in [6.07, 6.45) is 3.92. The number of nitrogens with two attached hydrogens (primary N) is 1. The zero-order chi connectivity index (χ0) is 11.1. The predicted molar refractivity (Wildman–Crippen MR) is 61.8 cm³/mol. The molecule has 2 atom stereocenters. The molecule has 0 aromatic carbocycles. The van der Waals surface area contributed by atoms with Gasteiger partial charge in [-0.15, -0.1) is 0 Å². The third-order valence-electron chi connectivity index (χ3n) is 4.14. The molecule has 0 saturated heterocycles. The van der Waals surface area contributed by atoms with Crippen LogP contribution in [0, 0.1) is 5.41 Å². The summed E-state index contributed by atoms with van der Waals surface area (Å²) < 4.78 is 5.70. The van der Waals surface area contributed by atoms with Crippen molar-refractivity contribution in [1.29, 1.82) is 0 Å². The zero-order valence-electron chi connectivity index (χ0n) is 10.2. The van der Waals surface area contributed by atoms with Crippen molar-refractivity contribution in [3.8, 4) is 0 Å². The molecule has 3 nitrogen and oxygen atoms in total. The minimum absolute atomic E-state index is 0.118. The van der Waals surface area contributed by atoms with E-state index in [2.05, 4.69) is 26.1 Å². The van der Waals surface area contributed by atoms with Gasteiger partial charge in [0.1, 0.15) is 0 Å². The molecule has 0 radical (unpaired) electrons. The Hall–Kier alpha value is -0.120. The molecule has 2 saturated carbocycles. The first-order chi connectivity index (χ1) is 6.98. The number of rotatable bonds is 5. The number of nitrogens with one attached hydrogen (secondary N) is 1. The molecule has 0 heterocycles. The highest BCUT2D eigenvalue weighted by Gasteiger charge is 2.49. The molecule has 0 amide bonds. The normalized spacial score (nSPS) is 36.0. The maximum Gasteiger partial charge on any atom is 0.0655 e. The molecule has 2 aliphatic carbocycles. The number of hydrogen-bond donors (Lipinski definition) is 2. The first-order valence-corrected chi connectivity index (χ1v) is 6.12. The molecule has 2 rings (SSSR count). The molecule has 0 aromatic heterocycles. The molecule has 0 aliphatic heterocycles. The Bertz CT molecular complexity index is 236. The number of ether oxygens (including phenoxy) is 1. The van der Waals surface area contributed by atoms with E-state index in [0.717, 1.165) is 19.6 Å². The van der Waals surface area contributed by atoms with Gasteiger partial charge < -0.3 is 15.8 Å². The Morgan fingerprint density at radius 1 is 1.40 bits per heavy atom. The third-order valence-corrected chi connectivity index (χ3v) is 4.14. The summed E-state index contributed by atoms with van der Waals surface area (Å²) in [7, 11) is 0. The van der Waals surface area contributed by atoms with E-state index in [4.69, 9.17) is 10.5 Å². The monoisotopic (exact) mass is 212 g/mol. The van der Waals surface area contributed by atoms with Gasteiger partial charge in [0.15, 0.2) is 0 Å². The molecule has 3 heteroatoms. The van der Waals surface area contributed by atoms with Crippen LogP contribution >= 0.6 is 0 Å². The first-order valence-electron chi connectivity index (χ1n) is 6.12. The lowest BCUT2D eigenvalue weighted by Crippen LogP contribution is -2.62. The Kier molecular flexibility index (Phi) is 2.82. The second-order valence-corrected chi connectivity index (χ2v) is 5.80. The average Bonchev–Trinajstić information content (AvgIpc) is 2.89. The van der Waals surface area contributed by atoms with Gasteiger partial charge in [-0.3, -0.25) is 0 Å². The second-order valence-electron chi connectivity index (χ2n) is 5.80. The minimum Gasteiger partial charge on any atom is -0.378 e. The largest absolute Gasteiger partial charge is 0.378 e. The summed E-state index contributed by atoms with van der Waals surface area (Å²) >= 11 is 0. The summed E-state index contributed by atoms with van der Waals surface area (Å²) in [5.74, 6) is 0. The van der Waals surface area contributed by atoms with Gasteiger partial charge in [-0.05, 0) is 26.2 Å². The molecule has 2 aliphatic rings. The van der Waals surface area contributed by atoms with Crippen LogP contribution in [0.15, 0.2) is 0 Å². The van der Waals surface area contributed by atoms with E-state index >= 15 is 0 Å². The molecule has 3 N–H and O–H groups in total. The van der Waals surface area contributed by atoms with Crippen LogP contribution in [-0.4, -0.2) is 30.8 Å². The van der Waals surface area contributed by atoms with E-state index in [1.165, 1.54) is 12.8 Å². The maximum atomic E-state index is 6.06. The number of hydrogen-bond acceptors (Lipinski definition) is 3. The average molecular weight is 212 g/mol. The molecule has 2 fully saturated rings. The minimum atomic E-state index is 0.118. The molecule has 0 aromatic rings. The van der Waals surface area contributed by atoms with Gasteiger partial charge in [0.05, 0.1) is 6.10 Å². The molecule has 15 heavy (non-hydrogen) atoms. The van der Waals surface area contributed by atoms with Crippen LogP contribution in [0.2, 0.25) is 0 Å². The van der Waals surface area contributed by atoms with Crippen LogP contribution in [0.25, 0.3) is 0 Å². The van der Waals surface area contributed by atoms with Gasteiger partial charge in [-0.25, -0.2) is 0 Å². The highest BCUT2D eigenvalue weighted by atomic mass is 16.5. The fourth-order valence-electron chi connectivity index (χ4n) is 2.38. The summed E-state index contributed by atoms with van der Waals surface area (Å²) in [5.41, 5.74) is 6.44. The third kappa shape index (κ3) is 2.19. The van der Waals surface area contributed by atoms with E-state index in [1.54, 1.807) is 0 Å². The molecule has 0 spiro atoms. The van der Waals surface area contributed by atoms with Crippen molar-refractivity contribution >= 4 is 0 Å². The van der Waals surface area contributed by atoms with Crippen molar-refractivity contribution in [1.82, 2.24) is 5.32 Å². The Balaban J connectivity index is 1.76. The van der Waals surface area contributed by atoms with E-state index in [-0.39, 0.29) is 11.0 Å². The van der Waals surface area contributed by atoms with E-state index in [9.17, 15) is 0 Å². The molecule has 0 bridgehead atoms. The summed E-state index contributed by atoms with van der Waals surface area (Å²) in [6, 6.07) is 0.579. The van der Waals surface area contributed by atoms with Crippen LogP contribution in [0.4, 0.5) is 0 Å². The standard InChI is InChI=1S/C12H24N2O/c1-4-15-10-7-9(11(10,2)3)14-8-12(13)5-6-12/h9-10,14H,4-8,13H2,1-3H3. The lowest BCUT2D eigenvalue weighted by molar-refractivity contribution is -0.114. The fraction of sp³-hybridized carbons (Fsp3) is 1.00. The van der Waals surface area contributed by atoms with Crippen molar-refractivity contribution < 1.29 is 4.74 Å². The van der Waals surface area contributed by atoms with Crippen molar-refractivity contribution in [3.05, 3.63) is 0 Å². The molecule has 88 valence electrons. The Labute approximate surface area is 92.7 Å². The highest BCUT2D eigenvalue weighted by Crippen LogP contribution is 2.43. The van der Waals surface area contributed by atoms with Crippen LogP contribution in [-0.2, 0) is 4.74 Å². The van der Waals surface area contributed by atoms with Gasteiger partial charge in [0.2, 0.25) is 0 Å². The smallest absolute Gasteiger partial charge is 0.0655 e. The van der Waals surface area contributed by atoms with Crippen molar-refractivity contribution in [3.63, 3.8) is 0 Å². The van der Waals surface area contributed by atoms with Gasteiger partial charge >= 0.3 is 0 Å². The van der Waals surface area contributed by atoms with Crippen LogP contribution in [0.5, 0.6) is 0 Å². The SMILES string of the molecule is CCOC1CC(NCC2(N)CC2)C1(C)C. The van der Waals surface area contributed by atoms with Gasteiger partial charge in [0, 0.05) is 30.1 Å². The summed E-state index contributed by atoms with van der Waals surface area (Å²) in [6.45, 7) is 8.42. The van der Waals surface area contributed by atoms with Gasteiger partial charge in [0.25, 0.3) is 0 Å². The predicted octanol–water partition coefficient (Wildman–Crippen LogP) is 1.27. The lowest BCUT2D eigenvalue weighted by atomic mass is 9.64. The zero-order valence-corrected chi connectivity index (χ0v) is 10.2. The van der Waals surface area contributed by atoms with Crippen molar-refractivity contribution in [2.75, 3.05) is 13.2 Å². The second kappa shape index (κ2) is 3.72. The lowest BCUT2D eigenvalue weighted by Gasteiger charge is -2.52. The quantitative estimate of drug-likeness (QED) is 0.721. The first kappa shape index (κ1) is 11.4. The van der Waals surface area contributed by atoms with E-state index in [1.807, 2.05) is 0 Å². The van der Waals surface area contributed by atoms with Crippen LogP contribution < -0.4 is 11.1 Å². The Morgan fingerprint density at radius 2 is 2.07 bits per heavy atom. The van der Waals surface area contributed by atoms with E-state index < -0.39 is 0 Å². The Morgan fingerprint density at radius 3 is 2.53 bits per heavy atom. The highest BCUT2D eigenvalue weighted by molar-refractivity contribution is 5.06. The maximum absolute atomic E-state index is 6.06. The molecular weight excluding hydrogens is 188 g/mol. The molecular formula is C12H24N2O. The van der Waals surface area contributed by atoms with Crippen molar-refractivity contribution in [2.24, 2.45) is 11.1 Å². The summed E-state index contributed by atoms with van der Waals surface area (Å²) in [5, 5.41) is 3.60. The fourth-order valence-corrected chi connectivity index (χ4v) is 2.38.